The molecule has 1 aromatic carbocycles. The third-order valence-electron chi connectivity index (χ3n) is 5.11. The van der Waals surface area contributed by atoms with Gasteiger partial charge in [0.15, 0.2) is 0 Å². The van der Waals surface area contributed by atoms with Gasteiger partial charge < -0.3 is 10.1 Å². The maximum absolute atomic E-state index is 12.2. The normalized spacial score (nSPS) is 21.0. The molecular formula is C19H28N2O2. The molecule has 3 rings (SSSR count). The number of likely N-dealkylation sites (tertiary alicyclic amines) is 1. The minimum absolute atomic E-state index is 0.00326. The predicted octanol–water partition coefficient (Wildman–Crippen LogP) is 2.67. The second-order valence-electron chi connectivity index (χ2n) is 6.61. The minimum atomic E-state index is -0.00326. The number of amides is 1. The molecule has 0 bridgehead atoms. The van der Waals surface area contributed by atoms with Crippen LogP contribution in [0, 0.1) is 0 Å². The first-order valence-corrected chi connectivity index (χ1v) is 8.96. The summed E-state index contributed by atoms with van der Waals surface area (Å²) in [5.74, 6) is 1.15. The van der Waals surface area contributed by atoms with Gasteiger partial charge in [0.1, 0.15) is 5.75 Å². The summed E-state index contributed by atoms with van der Waals surface area (Å²) >= 11 is 0. The van der Waals surface area contributed by atoms with Crippen LogP contribution in [0.15, 0.2) is 12.1 Å². The highest BCUT2D eigenvalue weighted by Crippen LogP contribution is 2.32. The van der Waals surface area contributed by atoms with E-state index in [4.69, 9.17) is 4.74 Å². The Bertz CT molecular complexity index is 571. The molecule has 1 N–H and O–H groups in total. The fraction of sp³-hybridized carbons (Fsp3) is 0.632. The van der Waals surface area contributed by atoms with E-state index in [9.17, 15) is 4.79 Å². The Balaban J connectivity index is 1.84. The van der Waals surface area contributed by atoms with Crippen molar-refractivity contribution >= 4 is 5.91 Å². The largest absolute Gasteiger partial charge is 0.494 e. The van der Waals surface area contributed by atoms with Crippen LogP contribution < -0.4 is 10.1 Å². The summed E-state index contributed by atoms with van der Waals surface area (Å²) in [6, 6.07) is 4.56. The third kappa shape index (κ3) is 3.52. The van der Waals surface area contributed by atoms with Crippen LogP contribution in [-0.4, -0.2) is 37.0 Å². The number of benzene rings is 1. The smallest absolute Gasteiger partial charge is 0.237 e. The molecule has 1 unspecified atom stereocenters. The lowest BCUT2D eigenvalue weighted by molar-refractivity contribution is -0.127. The van der Waals surface area contributed by atoms with Gasteiger partial charge in [-0.15, -0.1) is 0 Å². The Kier molecular flexibility index (Phi) is 5.21. The number of nitrogens with one attached hydrogen (secondary N) is 1. The summed E-state index contributed by atoms with van der Waals surface area (Å²) in [6.45, 7) is 4.51. The van der Waals surface area contributed by atoms with Gasteiger partial charge in [-0.3, -0.25) is 9.69 Å². The van der Waals surface area contributed by atoms with Crippen molar-refractivity contribution in [3.63, 3.8) is 0 Å². The predicted molar refractivity (Wildman–Crippen MR) is 91.8 cm³/mol. The SMILES string of the molecule is CCOc1cc2c(cc1CN1CCCCC1C(=O)NC)CCC2. The molecule has 1 aliphatic carbocycles. The molecule has 0 spiro atoms. The van der Waals surface area contributed by atoms with Crippen LogP contribution in [0.3, 0.4) is 0 Å². The van der Waals surface area contributed by atoms with Crippen LogP contribution in [0.5, 0.6) is 5.75 Å². The molecule has 2 aliphatic rings. The van der Waals surface area contributed by atoms with Gasteiger partial charge in [0.05, 0.1) is 12.6 Å². The number of carbonyl (C=O) groups is 1. The van der Waals surface area contributed by atoms with E-state index in [0.717, 1.165) is 31.7 Å². The number of hydrogen-bond acceptors (Lipinski definition) is 3. The highest BCUT2D eigenvalue weighted by atomic mass is 16.5. The Labute approximate surface area is 139 Å². The zero-order valence-corrected chi connectivity index (χ0v) is 14.4. The monoisotopic (exact) mass is 316 g/mol. The van der Waals surface area contributed by atoms with Crippen molar-refractivity contribution in [2.75, 3.05) is 20.2 Å². The first kappa shape index (κ1) is 16.3. The second-order valence-corrected chi connectivity index (χ2v) is 6.61. The van der Waals surface area contributed by atoms with E-state index < -0.39 is 0 Å². The van der Waals surface area contributed by atoms with Crippen molar-refractivity contribution in [1.29, 1.82) is 0 Å². The van der Waals surface area contributed by atoms with Crippen LogP contribution in [-0.2, 0) is 24.2 Å². The van der Waals surface area contributed by atoms with Crippen molar-refractivity contribution in [3.05, 3.63) is 28.8 Å². The van der Waals surface area contributed by atoms with E-state index in [0.29, 0.717) is 6.61 Å². The third-order valence-corrected chi connectivity index (χ3v) is 5.11. The van der Waals surface area contributed by atoms with E-state index in [1.807, 2.05) is 6.92 Å². The first-order valence-electron chi connectivity index (χ1n) is 8.96. The quantitative estimate of drug-likeness (QED) is 0.908. The van der Waals surface area contributed by atoms with Gasteiger partial charge in [0.2, 0.25) is 5.91 Å². The number of rotatable bonds is 5. The van der Waals surface area contributed by atoms with E-state index in [1.165, 1.54) is 42.4 Å². The summed E-state index contributed by atoms with van der Waals surface area (Å²) < 4.78 is 5.90. The molecule has 1 saturated heterocycles. The number of fused-ring (bicyclic) bond motifs is 1. The standard InChI is InChI=1S/C19H28N2O2/c1-3-23-18-12-15-8-6-7-14(15)11-16(18)13-21-10-5-4-9-17(21)19(22)20-2/h11-12,17H,3-10,13H2,1-2H3,(H,20,22). The molecule has 1 fully saturated rings. The molecule has 1 amide bonds. The van der Waals surface area contributed by atoms with E-state index in [1.54, 1.807) is 7.05 Å². The number of aryl methyl sites for hydroxylation is 2. The molecule has 0 saturated carbocycles. The minimum Gasteiger partial charge on any atom is -0.494 e. The lowest BCUT2D eigenvalue weighted by atomic mass is 9.99. The van der Waals surface area contributed by atoms with Gasteiger partial charge in [0, 0.05) is 19.2 Å². The summed E-state index contributed by atoms with van der Waals surface area (Å²) in [4.78, 5) is 14.5. The average molecular weight is 316 g/mol. The maximum Gasteiger partial charge on any atom is 0.237 e. The molecule has 0 radical (unpaired) electrons. The molecule has 4 nitrogen and oxygen atoms in total. The number of hydrogen-bond donors (Lipinski definition) is 1. The number of nitrogens with zero attached hydrogens (tertiary/aromatic N) is 1. The highest BCUT2D eigenvalue weighted by Gasteiger charge is 2.29. The summed E-state index contributed by atoms with van der Waals surface area (Å²) in [5, 5.41) is 2.82. The van der Waals surface area contributed by atoms with Crippen molar-refractivity contribution < 1.29 is 9.53 Å². The summed E-state index contributed by atoms with van der Waals surface area (Å²) in [7, 11) is 1.73. The Hall–Kier alpha value is -1.55. The molecule has 23 heavy (non-hydrogen) atoms. The van der Waals surface area contributed by atoms with Crippen LogP contribution >= 0.6 is 0 Å². The lowest BCUT2D eigenvalue weighted by Crippen LogP contribution is -2.48. The van der Waals surface area contributed by atoms with Gasteiger partial charge in [-0.05, 0) is 62.8 Å². The molecule has 0 aromatic heterocycles. The molecular weight excluding hydrogens is 288 g/mol. The van der Waals surface area contributed by atoms with E-state index >= 15 is 0 Å². The Morgan fingerprint density at radius 2 is 2.04 bits per heavy atom. The highest BCUT2D eigenvalue weighted by molar-refractivity contribution is 5.81. The van der Waals surface area contributed by atoms with Crippen molar-refractivity contribution in [2.24, 2.45) is 0 Å². The van der Waals surface area contributed by atoms with Gasteiger partial charge in [-0.2, -0.15) is 0 Å². The molecule has 1 atom stereocenters. The van der Waals surface area contributed by atoms with Crippen molar-refractivity contribution in [1.82, 2.24) is 10.2 Å². The number of likely N-dealkylation sites (N-methyl/N-ethyl adjacent to an activating group) is 1. The Morgan fingerprint density at radius 3 is 2.78 bits per heavy atom. The molecule has 126 valence electrons. The number of ether oxygens (including phenoxy) is 1. The topological polar surface area (TPSA) is 41.6 Å². The van der Waals surface area contributed by atoms with Gasteiger partial charge in [-0.25, -0.2) is 0 Å². The van der Waals surface area contributed by atoms with Crippen molar-refractivity contribution in [3.8, 4) is 5.75 Å². The fourth-order valence-corrected chi connectivity index (χ4v) is 3.93. The van der Waals surface area contributed by atoms with Crippen LogP contribution in [0.4, 0.5) is 0 Å². The number of piperidine rings is 1. The Morgan fingerprint density at radius 1 is 1.26 bits per heavy atom. The lowest BCUT2D eigenvalue weighted by Gasteiger charge is -2.34. The number of carbonyl (C=O) groups excluding carboxylic acids is 1. The first-order chi connectivity index (χ1) is 11.2. The van der Waals surface area contributed by atoms with Gasteiger partial charge in [-0.1, -0.05) is 12.5 Å². The van der Waals surface area contributed by atoms with E-state index in [2.05, 4.69) is 22.3 Å². The van der Waals surface area contributed by atoms with Gasteiger partial charge >= 0.3 is 0 Å². The van der Waals surface area contributed by atoms with Crippen molar-refractivity contribution in [2.45, 2.75) is 58.0 Å². The average Bonchev–Trinajstić information content (AvgIpc) is 3.02. The summed E-state index contributed by atoms with van der Waals surface area (Å²) in [6.07, 6.45) is 6.84. The van der Waals surface area contributed by atoms with Crippen LogP contribution in [0.2, 0.25) is 0 Å². The fourth-order valence-electron chi connectivity index (χ4n) is 3.93. The molecule has 4 heteroatoms. The van der Waals surface area contributed by atoms with Crippen LogP contribution in [0.25, 0.3) is 0 Å². The maximum atomic E-state index is 12.2. The second kappa shape index (κ2) is 7.35. The summed E-state index contributed by atoms with van der Waals surface area (Å²) in [5.41, 5.74) is 4.15. The molecule has 1 aliphatic heterocycles. The van der Waals surface area contributed by atoms with Crippen LogP contribution in [0.1, 0.15) is 49.3 Å². The van der Waals surface area contributed by atoms with E-state index in [-0.39, 0.29) is 11.9 Å². The zero-order chi connectivity index (χ0) is 16.2. The molecule has 1 heterocycles. The molecule has 1 aromatic rings. The zero-order valence-electron chi connectivity index (χ0n) is 14.4. The van der Waals surface area contributed by atoms with Gasteiger partial charge in [0.25, 0.3) is 0 Å².